The molecule has 212 valence electrons. The molecule has 0 spiro atoms. The van der Waals surface area contributed by atoms with Gasteiger partial charge < -0.3 is 4.74 Å². The van der Waals surface area contributed by atoms with Gasteiger partial charge >= 0.3 is 5.97 Å². The molecule has 0 aromatic carbocycles. The molecule has 0 aliphatic heterocycles. The summed E-state index contributed by atoms with van der Waals surface area (Å²) in [4.78, 5) is 11.8. The van der Waals surface area contributed by atoms with Crippen molar-refractivity contribution in [3.63, 3.8) is 0 Å². The molecule has 0 saturated carbocycles. The predicted molar refractivity (Wildman–Crippen MR) is 161 cm³/mol. The Morgan fingerprint density at radius 2 is 0.833 bits per heavy atom. The maximum Gasteiger partial charge on any atom is 0.330 e. The molecule has 0 aliphatic rings. The first-order chi connectivity index (χ1) is 17.8. The lowest BCUT2D eigenvalue weighted by Crippen LogP contribution is -2.02. The molecular formula is C34H64O2. The Balaban J connectivity index is 3.29. The molecule has 0 amide bonds. The van der Waals surface area contributed by atoms with Gasteiger partial charge in [0, 0.05) is 6.08 Å². The molecule has 0 unspecified atom stereocenters. The first-order valence-corrected chi connectivity index (χ1v) is 16.3. The Bertz CT molecular complexity index is 480. The minimum absolute atomic E-state index is 0.205. The van der Waals surface area contributed by atoms with Crippen molar-refractivity contribution < 1.29 is 9.53 Å². The van der Waals surface area contributed by atoms with E-state index in [-0.39, 0.29) is 5.97 Å². The summed E-state index contributed by atoms with van der Waals surface area (Å²) in [6, 6.07) is 0. The second-order valence-electron chi connectivity index (χ2n) is 10.9. The molecule has 0 saturated heterocycles. The number of hydrogen-bond donors (Lipinski definition) is 0. The lowest BCUT2D eigenvalue weighted by atomic mass is 10.0. The summed E-state index contributed by atoms with van der Waals surface area (Å²) in [5.41, 5.74) is 0. The van der Waals surface area contributed by atoms with Crippen LogP contribution in [0.25, 0.3) is 0 Å². The summed E-state index contributed by atoms with van der Waals surface area (Å²) < 4.78 is 5.30. The SMILES string of the molecule is CCCCCCCCCCCCCCCC=CC=CC(=O)OCCCCCCCCCCCCCC. The molecule has 2 heteroatoms. The standard InChI is InChI=1S/C34H64O2/c1-3-5-7-9-11-13-15-17-18-19-20-21-22-24-26-28-30-32-34(35)36-33-31-29-27-25-23-16-14-12-10-8-6-4-2/h26,28,30,32H,3-25,27,29,31,33H2,1-2H3. The van der Waals surface area contributed by atoms with Crippen LogP contribution in [0.4, 0.5) is 0 Å². The van der Waals surface area contributed by atoms with E-state index in [0.29, 0.717) is 6.61 Å². The Hall–Kier alpha value is -1.05. The third-order valence-corrected chi connectivity index (χ3v) is 7.20. The molecule has 0 N–H and O–H groups in total. The highest BCUT2D eigenvalue weighted by Crippen LogP contribution is 2.14. The lowest BCUT2D eigenvalue weighted by Gasteiger charge is -2.03. The van der Waals surface area contributed by atoms with Crippen LogP contribution in [0.5, 0.6) is 0 Å². The molecule has 0 aromatic rings. The van der Waals surface area contributed by atoms with E-state index in [1.54, 1.807) is 6.08 Å². The van der Waals surface area contributed by atoms with Crippen molar-refractivity contribution >= 4 is 5.97 Å². The number of hydrogen-bond acceptors (Lipinski definition) is 2. The van der Waals surface area contributed by atoms with Crippen LogP contribution in [0.1, 0.15) is 181 Å². The number of carbonyl (C=O) groups excluding carboxylic acids is 1. The van der Waals surface area contributed by atoms with Crippen molar-refractivity contribution in [1.82, 2.24) is 0 Å². The van der Waals surface area contributed by atoms with Crippen LogP contribution in [0, 0.1) is 0 Å². The fourth-order valence-corrected chi connectivity index (χ4v) is 4.75. The molecule has 0 bridgehead atoms. The molecule has 2 nitrogen and oxygen atoms in total. The highest BCUT2D eigenvalue weighted by molar-refractivity contribution is 5.82. The summed E-state index contributed by atoms with van der Waals surface area (Å²) in [5.74, 6) is -0.205. The minimum atomic E-state index is -0.205. The van der Waals surface area contributed by atoms with Crippen molar-refractivity contribution in [2.45, 2.75) is 181 Å². The van der Waals surface area contributed by atoms with Gasteiger partial charge in [0.25, 0.3) is 0 Å². The average molecular weight is 505 g/mol. The fraction of sp³-hybridized carbons (Fsp3) is 0.853. The van der Waals surface area contributed by atoms with Gasteiger partial charge in [0.1, 0.15) is 0 Å². The van der Waals surface area contributed by atoms with E-state index in [1.807, 2.05) is 12.2 Å². The Morgan fingerprint density at radius 1 is 0.472 bits per heavy atom. The van der Waals surface area contributed by atoms with E-state index in [4.69, 9.17) is 4.74 Å². The number of unbranched alkanes of at least 4 members (excludes halogenated alkanes) is 24. The van der Waals surface area contributed by atoms with Gasteiger partial charge in [-0.3, -0.25) is 0 Å². The van der Waals surface area contributed by atoms with Crippen molar-refractivity contribution in [3.8, 4) is 0 Å². The van der Waals surface area contributed by atoms with Crippen LogP contribution in [-0.4, -0.2) is 12.6 Å². The number of esters is 1. The smallest absolute Gasteiger partial charge is 0.330 e. The van der Waals surface area contributed by atoms with Crippen LogP contribution in [0.2, 0.25) is 0 Å². The molecule has 0 radical (unpaired) electrons. The first-order valence-electron chi connectivity index (χ1n) is 16.3. The third kappa shape index (κ3) is 31.0. The molecule has 0 heterocycles. The van der Waals surface area contributed by atoms with Gasteiger partial charge in [-0.05, 0) is 19.3 Å². The molecular weight excluding hydrogens is 440 g/mol. The number of allylic oxidation sites excluding steroid dienone is 3. The Kier molecular flexibility index (Phi) is 31.0. The van der Waals surface area contributed by atoms with E-state index in [2.05, 4.69) is 19.9 Å². The van der Waals surface area contributed by atoms with Crippen LogP contribution in [0.15, 0.2) is 24.3 Å². The molecule has 0 aliphatic carbocycles. The van der Waals surface area contributed by atoms with Crippen LogP contribution in [-0.2, 0) is 9.53 Å². The molecule has 0 atom stereocenters. The second-order valence-corrected chi connectivity index (χ2v) is 10.9. The predicted octanol–water partition coefficient (Wildman–Crippen LogP) is 11.8. The van der Waals surface area contributed by atoms with Gasteiger partial charge in [0.05, 0.1) is 6.61 Å². The maximum atomic E-state index is 11.8. The summed E-state index contributed by atoms with van der Waals surface area (Å²) in [6.07, 6.45) is 42.7. The van der Waals surface area contributed by atoms with Gasteiger partial charge in [-0.25, -0.2) is 4.79 Å². The highest BCUT2D eigenvalue weighted by atomic mass is 16.5. The summed E-state index contributed by atoms with van der Waals surface area (Å²) in [7, 11) is 0. The van der Waals surface area contributed by atoms with Crippen molar-refractivity contribution in [2.75, 3.05) is 6.61 Å². The van der Waals surface area contributed by atoms with E-state index < -0.39 is 0 Å². The van der Waals surface area contributed by atoms with Gasteiger partial charge in [-0.15, -0.1) is 0 Å². The Labute approximate surface area is 227 Å². The van der Waals surface area contributed by atoms with Gasteiger partial charge in [0.15, 0.2) is 0 Å². The van der Waals surface area contributed by atoms with Crippen LogP contribution in [0.3, 0.4) is 0 Å². The zero-order valence-corrected chi connectivity index (χ0v) is 24.7. The molecule has 0 fully saturated rings. The monoisotopic (exact) mass is 504 g/mol. The molecule has 0 aromatic heterocycles. The number of rotatable bonds is 29. The zero-order chi connectivity index (χ0) is 26.2. The van der Waals surface area contributed by atoms with Gasteiger partial charge in [0.2, 0.25) is 0 Å². The van der Waals surface area contributed by atoms with Crippen LogP contribution < -0.4 is 0 Å². The third-order valence-electron chi connectivity index (χ3n) is 7.20. The summed E-state index contributed by atoms with van der Waals surface area (Å²) in [5, 5.41) is 0. The van der Waals surface area contributed by atoms with Crippen molar-refractivity contribution in [3.05, 3.63) is 24.3 Å². The Morgan fingerprint density at radius 3 is 1.25 bits per heavy atom. The first kappa shape index (κ1) is 35.0. The van der Waals surface area contributed by atoms with E-state index in [0.717, 1.165) is 12.8 Å². The molecule has 0 rings (SSSR count). The van der Waals surface area contributed by atoms with Gasteiger partial charge in [-0.2, -0.15) is 0 Å². The van der Waals surface area contributed by atoms with Gasteiger partial charge in [-0.1, -0.05) is 180 Å². The minimum Gasteiger partial charge on any atom is -0.463 e. The maximum absolute atomic E-state index is 11.8. The second kappa shape index (κ2) is 32.0. The van der Waals surface area contributed by atoms with E-state index >= 15 is 0 Å². The largest absolute Gasteiger partial charge is 0.463 e. The van der Waals surface area contributed by atoms with Crippen molar-refractivity contribution in [1.29, 1.82) is 0 Å². The topological polar surface area (TPSA) is 26.3 Å². The highest BCUT2D eigenvalue weighted by Gasteiger charge is 1.97. The van der Waals surface area contributed by atoms with E-state index in [1.165, 1.54) is 154 Å². The fourth-order valence-electron chi connectivity index (χ4n) is 4.75. The zero-order valence-electron chi connectivity index (χ0n) is 24.7. The normalized spacial score (nSPS) is 11.7. The summed E-state index contributed by atoms with van der Waals surface area (Å²) >= 11 is 0. The van der Waals surface area contributed by atoms with Crippen molar-refractivity contribution in [2.24, 2.45) is 0 Å². The molecule has 36 heavy (non-hydrogen) atoms. The summed E-state index contributed by atoms with van der Waals surface area (Å²) in [6.45, 7) is 5.12. The lowest BCUT2D eigenvalue weighted by molar-refractivity contribution is -0.137. The van der Waals surface area contributed by atoms with Crippen LogP contribution >= 0.6 is 0 Å². The number of ether oxygens (including phenoxy) is 1. The quantitative estimate of drug-likeness (QED) is 0.0438. The average Bonchev–Trinajstić information content (AvgIpc) is 2.88. The van der Waals surface area contributed by atoms with E-state index in [9.17, 15) is 4.79 Å². The number of carbonyl (C=O) groups is 1.